The normalized spacial score (nSPS) is 12.0. The fraction of sp³-hybridized carbons (Fsp3) is 0.350. The second-order valence-electron chi connectivity index (χ2n) is 5.92. The van der Waals surface area contributed by atoms with Gasteiger partial charge in [0.1, 0.15) is 0 Å². The number of benzene rings is 2. The maximum atomic E-state index is 5.96. The Morgan fingerprint density at radius 1 is 1.08 bits per heavy atom. The summed E-state index contributed by atoms with van der Waals surface area (Å²) in [7, 11) is 3.24. The highest BCUT2D eigenvalue weighted by Crippen LogP contribution is 2.27. The molecule has 26 heavy (non-hydrogen) atoms. The smallest absolute Gasteiger partial charge is 0.188 e. The first kappa shape index (κ1) is 21.8. The van der Waals surface area contributed by atoms with E-state index in [0.29, 0.717) is 29.9 Å². The minimum Gasteiger partial charge on any atom is -0.493 e. The van der Waals surface area contributed by atoms with E-state index in [1.54, 1.807) is 14.2 Å². The number of nitrogens with zero attached hydrogens (tertiary/aromatic N) is 1. The lowest BCUT2D eigenvalue weighted by Crippen LogP contribution is -2.32. The fourth-order valence-electron chi connectivity index (χ4n) is 2.58. The SMILES string of the molecule is Br.COc1ccc(CN=C(N)NCCC(C)c2ccccc2)cc1OC. The zero-order valence-corrected chi connectivity index (χ0v) is 17.3. The van der Waals surface area contributed by atoms with Crippen LogP contribution in [0.15, 0.2) is 53.5 Å². The molecule has 0 aliphatic rings. The average molecular weight is 422 g/mol. The lowest BCUT2D eigenvalue weighted by Gasteiger charge is -2.13. The molecule has 0 saturated carbocycles. The van der Waals surface area contributed by atoms with Crippen LogP contribution in [0.25, 0.3) is 0 Å². The first-order valence-corrected chi connectivity index (χ1v) is 8.43. The summed E-state index contributed by atoms with van der Waals surface area (Å²) in [6, 6.07) is 16.2. The molecule has 2 rings (SSSR count). The van der Waals surface area contributed by atoms with Gasteiger partial charge in [0.15, 0.2) is 17.5 Å². The second-order valence-corrected chi connectivity index (χ2v) is 5.92. The molecule has 0 aromatic heterocycles. The first-order chi connectivity index (χ1) is 12.1. The number of ether oxygens (including phenoxy) is 2. The second kappa shape index (κ2) is 11.4. The summed E-state index contributed by atoms with van der Waals surface area (Å²) < 4.78 is 10.5. The Morgan fingerprint density at radius 3 is 2.42 bits per heavy atom. The molecular formula is C20H28BrN3O2. The molecular weight excluding hydrogens is 394 g/mol. The van der Waals surface area contributed by atoms with Gasteiger partial charge in [0, 0.05) is 6.54 Å². The molecule has 0 fully saturated rings. The van der Waals surface area contributed by atoms with E-state index in [9.17, 15) is 0 Å². The molecule has 0 saturated heterocycles. The highest BCUT2D eigenvalue weighted by molar-refractivity contribution is 8.93. The van der Waals surface area contributed by atoms with Gasteiger partial charge < -0.3 is 20.5 Å². The van der Waals surface area contributed by atoms with Crippen LogP contribution >= 0.6 is 17.0 Å². The molecule has 0 radical (unpaired) electrons. The van der Waals surface area contributed by atoms with Crippen LogP contribution < -0.4 is 20.5 Å². The van der Waals surface area contributed by atoms with Crippen molar-refractivity contribution in [2.45, 2.75) is 25.8 Å². The van der Waals surface area contributed by atoms with E-state index in [1.165, 1.54) is 5.56 Å². The lowest BCUT2D eigenvalue weighted by atomic mass is 9.98. The van der Waals surface area contributed by atoms with Gasteiger partial charge in [-0.15, -0.1) is 17.0 Å². The number of hydrogen-bond acceptors (Lipinski definition) is 3. The maximum Gasteiger partial charge on any atom is 0.188 e. The molecule has 6 heteroatoms. The Balaban J connectivity index is 0.00000338. The lowest BCUT2D eigenvalue weighted by molar-refractivity contribution is 0.354. The van der Waals surface area contributed by atoms with Crippen molar-refractivity contribution < 1.29 is 9.47 Å². The van der Waals surface area contributed by atoms with Gasteiger partial charge in [0.2, 0.25) is 0 Å². The van der Waals surface area contributed by atoms with Crippen LogP contribution in [-0.2, 0) is 6.54 Å². The third kappa shape index (κ3) is 6.59. The van der Waals surface area contributed by atoms with Gasteiger partial charge in [-0.3, -0.25) is 0 Å². The summed E-state index contributed by atoms with van der Waals surface area (Å²) in [6.45, 7) is 3.50. The zero-order chi connectivity index (χ0) is 18.1. The van der Waals surface area contributed by atoms with E-state index in [-0.39, 0.29) is 17.0 Å². The molecule has 2 aromatic rings. The molecule has 0 amide bonds. The van der Waals surface area contributed by atoms with Crippen LogP contribution in [0.3, 0.4) is 0 Å². The van der Waals surface area contributed by atoms with Crippen LogP contribution in [0.4, 0.5) is 0 Å². The Labute approximate surface area is 166 Å². The first-order valence-electron chi connectivity index (χ1n) is 8.43. The van der Waals surface area contributed by atoms with Crippen molar-refractivity contribution in [1.29, 1.82) is 0 Å². The third-order valence-electron chi connectivity index (χ3n) is 4.13. The molecule has 1 unspecified atom stereocenters. The summed E-state index contributed by atoms with van der Waals surface area (Å²) in [6.07, 6.45) is 0.997. The van der Waals surface area contributed by atoms with Gasteiger partial charge in [0.05, 0.1) is 20.8 Å². The van der Waals surface area contributed by atoms with Gasteiger partial charge in [-0.25, -0.2) is 4.99 Å². The highest BCUT2D eigenvalue weighted by atomic mass is 79.9. The van der Waals surface area contributed by atoms with Crippen LogP contribution in [0.2, 0.25) is 0 Å². The number of hydrogen-bond donors (Lipinski definition) is 2. The molecule has 5 nitrogen and oxygen atoms in total. The molecule has 0 heterocycles. The Kier molecular flexibility index (Phi) is 9.58. The van der Waals surface area contributed by atoms with E-state index in [4.69, 9.17) is 15.2 Å². The summed E-state index contributed by atoms with van der Waals surface area (Å²) in [5.74, 6) is 2.33. The number of rotatable bonds is 8. The third-order valence-corrected chi connectivity index (χ3v) is 4.13. The largest absolute Gasteiger partial charge is 0.493 e. The van der Waals surface area contributed by atoms with Gasteiger partial charge in [-0.2, -0.15) is 0 Å². The molecule has 142 valence electrons. The van der Waals surface area contributed by atoms with Crippen molar-refractivity contribution in [3.8, 4) is 11.5 Å². The number of halogens is 1. The highest BCUT2D eigenvalue weighted by Gasteiger charge is 2.06. The minimum absolute atomic E-state index is 0. The van der Waals surface area contributed by atoms with Crippen LogP contribution in [0, 0.1) is 0 Å². The molecule has 0 bridgehead atoms. The monoisotopic (exact) mass is 421 g/mol. The van der Waals surface area contributed by atoms with Crippen LogP contribution in [0.5, 0.6) is 11.5 Å². The van der Waals surface area contributed by atoms with E-state index in [2.05, 4.69) is 41.5 Å². The van der Waals surface area contributed by atoms with Crippen molar-refractivity contribution in [2.24, 2.45) is 10.7 Å². The van der Waals surface area contributed by atoms with Crippen LogP contribution in [-0.4, -0.2) is 26.7 Å². The predicted octanol–water partition coefficient (Wildman–Crippen LogP) is 3.88. The van der Waals surface area contributed by atoms with Crippen molar-refractivity contribution in [2.75, 3.05) is 20.8 Å². The Morgan fingerprint density at radius 2 is 1.77 bits per heavy atom. The summed E-state index contributed by atoms with van der Waals surface area (Å²) in [5, 5.41) is 3.18. The number of methoxy groups -OCH3 is 2. The van der Waals surface area contributed by atoms with E-state index >= 15 is 0 Å². The molecule has 0 aliphatic heterocycles. The molecule has 1 atom stereocenters. The predicted molar refractivity (Wildman–Crippen MR) is 113 cm³/mol. The summed E-state index contributed by atoms with van der Waals surface area (Å²) in [5.41, 5.74) is 8.31. The number of nitrogens with two attached hydrogens (primary N) is 1. The number of aliphatic imine (C=N–C) groups is 1. The van der Waals surface area contributed by atoms with Crippen LogP contribution in [0.1, 0.15) is 30.4 Å². The van der Waals surface area contributed by atoms with Gasteiger partial charge in [-0.1, -0.05) is 43.3 Å². The molecule has 2 aromatic carbocycles. The number of nitrogens with one attached hydrogen (secondary N) is 1. The van der Waals surface area contributed by atoms with Crippen molar-refractivity contribution in [1.82, 2.24) is 5.32 Å². The molecule has 0 spiro atoms. The fourth-order valence-corrected chi connectivity index (χ4v) is 2.58. The van der Waals surface area contributed by atoms with Crippen molar-refractivity contribution in [3.05, 3.63) is 59.7 Å². The average Bonchev–Trinajstić information content (AvgIpc) is 2.66. The Bertz CT molecular complexity index is 693. The quantitative estimate of drug-likeness (QED) is 0.501. The Hall–Kier alpha value is -2.21. The summed E-state index contributed by atoms with van der Waals surface area (Å²) in [4.78, 5) is 4.38. The van der Waals surface area contributed by atoms with Gasteiger partial charge in [0.25, 0.3) is 0 Å². The van der Waals surface area contributed by atoms with E-state index in [0.717, 1.165) is 18.5 Å². The summed E-state index contributed by atoms with van der Waals surface area (Å²) >= 11 is 0. The topological polar surface area (TPSA) is 68.9 Å². The van der Waals surface area contributed by atoms with Crippen molar-refractivity contribution >= 4 is 22.9 Å². The van der Waals surface area contributed by atoms with E-state index < -0.39 is 0 Å². The zero-order valence-electron chi connectivity index (χ0n) is 15.6. The number of guanidine groups is 1. The molecule has 3 N–H and O–H groups in total. The van der Waals surface area contributed by atoms with Crippen molar-refractivity contribution in [3.63, 3.8) is 0 Å². The maximum absolute atomic E-state index is 5.96. The minimum atomic E-state index is 0. The van der Waals surface area contributed by atoms with E-state index in [1.807, 2.05) is 24.3 Å². The molecule has 0 aliphatic carbocycles. The van der Waals surface area contributed by atoms with Gasteiger partial charge >= 0.3 is 0 Å². The standard InChI is InChI=1S/C20H27N3O2.BrH/c1-15(17-7-5-4-6-8-17)11-12-22-20(21)23-14-16-9-10-18(24-2)19(13-16)25-3;/h4-10,13,15H,11-12,14H2,1-3H3,(H3,21,22,23);1H. The van der Waals surface area contributed by atoms with Gasteiger partial charge in [-0.05, 0) is 35.6 Å².